The molecular weight excluding hydrogens is 334 g/mol. The van der Waals surface area contributed by atoms with Crippen molar-refractivity contribution in [3.63, 3.8) is 0 Å². The molecule has 1 aromatic carbocycles. The summed E-state index contributed by atoms with van der Waals surface area (Å²) in [5, 5.41) is 11.9. The van der Waals surface area contributed by atoms with Crippen molar-refractivity contribution in [2.75, 3.05) is 11.1 Å². The smallest absolute Gasteiger partial charge is 0.234 e. The molecule has 3 aromatic rings. The first-order valence-corrected chi connectivity index (χ1v) is 9.23. The highest BCUT2D eigenvalue weighted by molar-refractivity contribution is 7.99. The maximum atomic E-state index is 12.2. The molecule has 3 rings (SSSR count). The van der Waals surface area contributed by atoms with Crippen molar-refractivity contribution < 1.29 is 4.79 Å². The van der Waals surface area contributed by atoms with Crippen LogP contribution in [0.1, 0.15) is 24.7 Å². The lowest BCUT2D eigenvalue weighted by Crippen LogP contribution is -2.15. The number of nitrogens with zero attached hydrogens (tertiary/aromatic N) is 4. The van der Waals surface area contributed by atoms with Gasteiger partial charge in [0.25, 0.3) is 0 Å². The van der Waals surface area contributed by atoms with E-state index in [0.717, 1.165) is 24.4 Å². The van der Waals surface area contributed by atoms with Crippen LogP contribution in [-0.4, -0.2) is 31.2 Å². The number of hydrogen-bond acceptors (Lipinski definition) is 4. The molecule has 2 aromatic heterocycles. The van der Waals surface area contributed by atoms with Gasteiger partial charge in [0.15, 0.2) is 5.82 Å². The molecule has 0 spiro atoms. The van der Waals surface area contributed by atoms with Gasteiger partial charge in [-0.15, -0.1) is 10.2 Å². The number of thioether (sulfide) groups is 1. The maximum Gasteiger partial charge on any atom is 0.234 e. The summed E-state index contributed by atoms with van der Waals surface area (Å²) >= 11 is 1.36. The molecule has 7 heteroatoms. The number of aryl methyl sites for hydroxylation is 2. The lowest BCUT2D eigenvalue weighted by atomic mass is 10.1. The van der Waals surface area contributed by atoms with E-state index in [4.69, 9.17) is 0 Å². The Morgan fingerprint density at radius 1 is 1.16 bits per heavy atom. The fourth-order valence-corrected chi connectivity index (χ4v) is 3.30. The second-order valence-corrected chi connectivity index (χ2v) is 6.63. The first-order valence-electron chi connectivity index (χ1n) is 8.24. The second kappa shape index (κ2) is 8.02. The van der Waals surface area contributed by atoms with Crippen LogP contribution < -0.4 is 5.32 Å². The van der Waals surface area contributed by atoms with Crippen LogP contribution in [0.4, 0.5) is 5.69 Å². The number of hydrogen-bond donors (Lipinski definition) is 1. The van der Waals surface area contributed by atoms with Crippen LogP contribution in [0.3, 0.4) is 0 Å². The predicted octanol–water partition coefficient (Wildman–Crippen LogP) is 3.38. The van der Waals surface area contributed by atoms with Gasteiger partial charge in [-0.3, -0.25) is 9.47 Å². The SMILES string of the molecule is CCCc1ccc(NC(=O)CSc2nnc(C)n2-n2cccc2)cc1. The van der Waals surface area contributed by atoms with Gasteiger partial charge < -0.3 is 5.32 Å². The molecule has 0 saturated heterocycles. The third-order valence-electron chi connectivity index (χ3n) is 3.70. The van der Waals surface area contributed by atoms with Gasteiger partial charge in [-0.2, -0.15) is 0 Å². The molecule has 0 fully saturated rings. The third-order valence-corrected chi connectivity index (χ3v) is 4.62. The number of carbonyl (C=O) groups excluding carboxylic acids is 1. The molecule has 2 heterocycles. The van der Waals surface area contributed by atoms with Gasteiger partial charge in [-0.25, -0.2) is 4.68 Å². The first kappa shape index (κ1) is 17.3. The highest BCUT2D eigenvalue weighted by atomic mass is 32.2. The normalized spacial score (nSPS) is 10.8. The average molecular weight is 355 g/mol. The molecule has 25 heavy (non-hydrogen) atoms. The van der Waals surface area contributed by atoms with Gasteiger partial charge in [0.1, 0.15) is 0 Å². The summed E-state index contributed by atoms with van der Waals surface area (Å²) in [5.41, 5.74) is 2.10. The van der Waals surface area contributed by atoms with Crippen LogP contribution in [0.5, 0.6) is 0 Å². The lowest BCUT2D eigenvalue weighted by Gasteiger charge is -2.09. The molecule has 130 valence electrons. The number of amides is 1. The van der Waals surface area contributed by atoms with Crippen molar-refractivity contribution in [3.8, 4) is 0 Å². The summed E-state index contributed by atoms with van der Waals surface area (Å²) < 4.78 is 3.76. The largest absolute Gasteiger partial charge is 0.325 e. The molecule has 1 N–H and O–H groups in total. The molecule has 0 bridgehead atoms. The van der Waals surface area contributed by atoms with Crippen molar-refractivity contribution in [1.82, 2.24) is 19.5 Å². The van der Waals surface area contributed by atoms with E-state index in [1.165, 1.54) is 17.3 Å². The number of rotatable bonds is 7. The highest BCUT2D eigenvalue weighted by Gasteiger charge is 2.13. The zero-order valence-electron chi connectivity index (χ0n) is 14.3. The molecule has 0 aliphatic heterocycles. The lowest BCUT2D eigenvalue weighted by molar-refractivity contribution is -0.113. The van der Waals surface area contributed by atoms with Crippen LogP contribution in [-0.2, 0) is 11.2 Å². The van der Waals surface area contributed by atoms with Gasteiger partial charge >= 0.3 is 0 Å². The molecule has 0 saturated carbocycles. The number of benzene rings is 1. The monoisotopic (exact) mass is 355 g/mol. The minimum absolute atomic E-state index is 0.0621. The van der Waals surface area contributed by atoms with Crippen LogP contribution in [0.15, 0.2) is 53.9 Å². The summed E-state index contributed by atoms with van der Waals surface area (Å²) in [4.78, 5) is 12.2. The van der Waals surface area contributed by atoms with E-state index in [-0.39, 0.29) is 11.7 Å². The Kier molecular flexibility index (Phi) is 5.55. The molecule has 1 amide bonds. The van der Waals surface area contributed by atoms with Crippen molar-refractivity contribution in [1.29, 1.82) is 0 Å². The van der Waals surface area contributed by atoms with E-state index in [1.807, 2.05) is 52.9 Å². The van der Waals surface area contributed by atoms with Crippen LogP contribution in [0.25, 0.3) is 0 Å². The fourth-order valence-electron chi connectivity index (χ4n) is 2.52. The minimum Gasteiger partial charge on any atom is -0.325 e. The first-order chi connectivity index (χ1) is 12.2. The maximum absolute atomic E-state index is 12.2. The molecule has 6 nitrogen and oxygen atoms in total. The predicted molar refractivity (Wildman–Crippen MR) is 99.8 cm³/mol. The van der Waals surface area contributed by atoms with E-state index in [9.17, 15) is 4.79 Å². The van der Waals surface area contributed by atoms with Crippen molar-refractivity contribution in [2.24, 2.45) is 0 Å². The Bertz CT molecular complexity index is 824. The summed E-state index contributed by atoms with van der Waals surface area (Å²) in [6.45, 7) is 4.04. The van der Waals surface area contributed by atoms with Crippen molar-refractivity contribution in [2.45, 2.75) is 31.8 Å². The summed E-state index contributed by atoms with van der Waals surface area (Å²) in [5.74, 6) is 0.981. The number of nitrogens with one attached hydrogen (secondary N) is 1. The minimum atomic E-state index is -0.0621. The Labute approximate surface area is 151 Å². The molecule has 0 radical (unpaired) electrons. The molecule has 0 unspecified atom stereocenters. The van der Waals surface area contributed by atoms with E-state index in [2.05, 4.69) is 34.6 Å². The standard InChI is InChI=1S/C18H21N5OS/c1-3-6-15-7-9-16(10-8-15)19-17(24)13-25-18-21-20-14(2)23(18)22-11-4-5-12-22/h4-5,7-12H,3,6,13H2,1-2H3,(H,19,24). The van der Waals surface area contributed by atoms with Gasteiger partial charge in [0, 0.05) is 18.1 Å². The van der Waals surface area contributed by atoms with Gasteiger partial charge in [0.05, 0.1) is 5.75 Å². The Balaban J connectivity index is 1.60. The fraction of sp³-hybridized carbons (Fsp3) is 0.278. The number of carbonyl (C=O) groups is 1. The third kappa shape index (κ3) is 4.30. The average Bonchev–Trinajstić information content (AvgIpc) is 3.24. The molecular formula is C18H21N5OS. The van der Waals surface area contributed by atoms with Crippen LogP contribution >= 0.6 is 11.8 Å². The number of aromatic nitrogens is 4. The van der Waals surface area contributed by atoms with Gasteiger partial charge in [0.2, 0.25) is 11.1 Å². The summed E-state index contributed by atoms with van der Waals surface area (Å²) in [6, 6.07) is 11.9. The zero-order valence-corrected chi connectivity index (χ0v) is 15.2. The van der Waals surface area contributed by atoms with Crippen LogP contribution in [0.2, 0.25) is 0 Å². The highest BCUT2D eigenvalue weighted by Crippen LogP contribution is 2.18. The molecule has 0 aliphatic carbocycles. The second-order valence-electron chi connectivity index (χ2n) is 5.69. The van der Waals surface area contributed by atoms with E-state index in [0.29, 0.717) is 5.16 Å². The summed E-state index contributed by atoms with van der Waals surface area (Å²) in [7, 11) is 0. The van der Waals surface area contributed by atoms with Gasteiger partial charge in [-0.1, -0.05) is 37.2 Å². The Morgan fingerprint density at radius 2 is 1.88 bits per heavy atom. The van der Waals surface area contributed by atoms with Crippen LogP contribution in [0, 0.1) is 6.92 Å². The summed E-state index contributed by atoms with van der Waals surface area (Å²) in [6.07, 6.45) is 6.00. The molecule has 0 aliphatic rings. The van der Waals surface area contributed by atoms with Crippen molar-refractivity contribution >= 4 is 23.4 Å². The van der Waals surface area contributed by atoms with E-state index < -0.39 is 0 Å². The Hall–Kier alpha value is -2.54. The quantitative estimate of drug-likeness (QED) is 0.660. The van der Waals surface area contributed by atoms with E-state index in [1.54, 1.807) is 0 Å². The Morgan fingerprint density at radius 3 is 2.56 bits per heavy atom. The molecule has 0 atom stereocenters. The van der Waals surface area contributed by atoms with Crippen molar-refractivity contribution in [3.05, 3.63) is 60.2 Å². The van der Waals surface area contributed by atoms with E-state index >= 15 is 0 Å². The van der Waals surface area contributed by atoms with Gasteiger partial charge in [-0.05, 0) is 43.2 Å². The number of anilines is 1. The topological polar surface area (TPSA) is 64.7 Å². The zero-order chi connectivity index (χ0) is 17.6.